The fourth-order valence-corrected chi connectivity index (χ4v) is 2.00. The van der Waals surface area contributed by atoms with Crippen molar-refractivity contribution in [1.82, 2.24) is 10.1 Å². The normalized spacial score (nSPS) is 11.0. The molecule has 2 heterocycles. The zero-order chi connectivity index (χ0) is 14.7. The van der Waals surface area contributed by atoms with E-state index in [1.807, 2.05) is 0 Å². The van der Waals surface area contributed by atoms with E-state index >= 15 is 0 Å². The van der Waals surface area contributed by atoms with Crippen molar-refractivity contribution in [3.05, 3.63) is 54.1 Å². The van der Waals surface area contributed by atoms with Crippen LogP contribution in [-0.4, -0.2) is 10.1 Å². The predicted molar refractivity (Wildman–Crippen MR) is 79.9 cm³/mol. The van der Waals surface area contributed by atoms with E-state index in [2.05, 4.69) is 53.6 Å². The summed E-state index contributed by atoms with van der Waals surface area (Å²) in [6.07, 6.45) is 1.58. The van der Waals surface area contributed by atoms with Gasteiger partial charge in [0.05, 0.1) is 12.8 Å². The Hall–Kier alpha value is -2.56. The van der Waals surface area contributed by atoms with E-state index in [0.29, 0.717) is 29.9 Å². The molecular formula is C16H17N3O2. The summed E-state index contributed by atoms with van der Waals surface area (Å²) in [6.45, 7) is 4.84. The molecule has 0 spiro atoms. The molecule has 2 aromatic heterocycles. The van der Waals surface area contributed by atoms with Crippen LogP contribution in [-0.2, 0) is 6.54 Å². The van der Waals surface area contributed by atoms with Gasteiger partial charge in [0.15, 0.2) is 5.76 Å². The van der Waals surface area contributed by atoms with Crippen molar-refractivity contribution >= 4 is 5.69 Å². The summed E-state index contributed by atoms with van der Waals surface area (Å²) >= 11 is 0. The summed E-state index contributed by atoms with van der Waals surface area (Å²) < 4.78 is 10.4. The SMILES string of the molecule is CC(C)c1ccc(NCc2nc(-c3ccco3)no2)cc1. The standard InChI is InChI=1S/C16H17N3O2/c1-11(2)12-5-7-13(8-6-12)17-10-15-18-16(19-21-15)14-4-3-9-20-14/h3-9,11,17H,10H2,1-2H3. The van der Waals surface area contributed by atoms with Crippen molar-refractivity contribution < 1.29 is 8.94 Å². The largest absolute Gasteiger partial charge is 0.461 e. The number of nitrogens with zero attached hydrogens (tertiary/aromatic N) is 2. The molecule has 1 aromatic carbocycles. The number of nitrogens with one attached hydrogen (secondary N) is 1. The number of rotatable bonds is 5. The van der Waals surface area contributed by atoms with Gasteiger partial charge in [0.1, 0.15) is 0 Å². The molecule has 0 saturated carbocycles. The summed E-state index contributed by atoms with van der Waals surface area (Å²) in [5.74, 6) is 2.12. The summed E-state index contributed by atoms with van der Waals surface area (Å²) in [4.78, 5) is 4.28. The van der Waals surface area contributed by atoms with Gasteiger partial charge in [-0.25, -0.2) is 0 Å². The van der Waals surface area contributed by atoms with Gasteiger partial charge in [0, 0.05) is 5.69 Å². The van der Waals surface area contributed by atoms with Crippen molar-refractivity contribution in [2.75, 3.05) is 5.32 Å². The topological polar surface area (TPSA) is 64.1 Å². The van der Waals surface area contributed by atoms with E-state index in [9.17, 15) is 0 Å². The van der Waals surface area contributed by atoms with Gasteiger partial charge in [0.25, 0.3) is 0 Å². The minimum Gasteiger partial charge on any atom is -0.461 e. The quantitative estimate of drug-likeness (QED) is 0.764. The third kappa shape index (κ3) is 3.13. The van der Waals surface area contributed by atoms with Crippen LogP contribution in [0.3, 0.4) is 0 Å². The zero-order valence-electron chi connectivity index (χ0n) is 12.0. The van der Waals surface area contributed by atoms with Gasteiger partial charge in [-0.1, -0.05) is 31.1 Å². The first-order valence-corrected chi connectivity index (χ1v) is 6.92. The zero-order valence-corrected chi connectivity index (χ0v) is 12.0. The minimum atomic E-state index is 0.465. The molecule has 21 heavy (non-hydrogen) atoms. The van der Waals surface area contributed by atoms with Crippen LogP contribution in [0.5, 0.6) is 0 Å². The molecule has 5 heteroatoms. The average Bonchev–Trinajstić information content (AvgIpc) is 3.16. The fourth-order valence-electron chi connectivity index (χ4n) is 2.00. The first-order valence-electron chi connectivity index (χ1n) is 6.92. The first-order chi connectivity index (χ1) is 10.2. The minimum absolute atomic E-state index is 0.465. The molecule has 3 rings (SSSR count). The monoisotopic (exact) mass is 283 g/mol. The van der Waals surface area contributed by atoms with E-state index in [1.54, 1.807) is 18.4 Å². The number of benzene rings is 1. The van der Waals surface area contributed by atoms with Crippen LogP contribution in [0.1, 0.15) is 31.2 Å². The van der Waals surface area contributed by atoms with Gasteiger partial charge in [-0.2, -0.15) is 4.98 Å². The maximum Gasteiger partial charge on any atom is 0.246 e. The molecule has 1 N–H and O–H groups in total. The van der Waals surface area contributed by atoms with Crippen LogP contribution < -0.4 is 5.32 Å². The molecule has 0 bridgehead atoms. The lowest BCUT2D eigenvalue weighted by atomic mass is 10.0. The lowest BCUT2D eigenvalue weighted by molar-refractivity contribution is 0.382. The second kappa shape index (κ2) is 5.83. The van der Waals surface area contributed by atoms with Gasteiger partial charge in [0.2, 0.25) is 11.7 Å². The van der Waals surface area contributed by atoms with Crippen LogP contribution in [0.4, 0.5) is 5.69 Å². The Morgan fingerprint density at radius 2 is 1.95 bits per heavy atom. The Labute approximate surface area is 123 Å². The molecular weight excluding hydrogens is 266 g/mol. The Balaban J connectivity index is 1.62. The highest BCUT2D eigenvalue weighted by Crippen LogP contribution is 2.19. The summed E-state index contributed by atoms with van der Waals surface area (Å²) in [6, 6.07) is 11.9. The van der Waals surface area contributed by atoms with Crippen LogP contribution in [0.15, 0.2) is 51.6 Å². The van der Waals surface area contributed by atoms with Gasteiger partial charge in [-0.15, -0.1) is 0 Å². The Morgan fingerprint density at radius 3 is 2.62 bits per heavy atom. The maximum atomic E-state index is 5.23. The molecule has 0 unspecified atom stereocenters. The van der Waals surface area contributed by atoms with Crippen LogP contribution in [0.25, 0.3) is 11.6 Å². The highest BCUT2D eigenvalue weighted by molar-refractivity contribution is 5.46. The van der Waals surface area contributed by atoms with Crippen molar-refractivity contribution in [2.24, 2.45) is 0 Å². The van der Waals surface area contributed by atoms with Gasteiger partial charge in [-0.3, -0.25) is 0 Å². The molecule has 108 valence electrons. The first kappa shape index (κ1) is 13.4. The number of hydrogen-bond donors (Lipinski definition) is 1. The molecule has 0 aliphatic carbocycles. The lowest BCUT2D eigenvalue weighted by Gasteiger charge is -2.07. The van der Waals surface area contributed by atoms with Crippen molar-refractivity contribution in [3.8, 4) is 11.6 Å². The molecule has 0 radical (unpaired) electrons. The predicted octanol–water partition coefficient (Wildman–Crippen LogP) is 4.07. The molecule has 0 amide bonds. The summed E-state index contributed by atoms with van der Waals surface area (Å²) in [5.41, 5.74) is 2.34. The van der Waals surface area contributed by atoms with Crippen LogP contribution >= 0.6 is 0 Å². The molecule has 0 aliphatic heterocycles. The van der Waals surface area contributed by atoms with Crippen molar-refractivity contribution in [3.63, 3.8) is 0 Å². The van der Waals surface area contributed by atoms with E-state index in [-0.39, 0.29) is 0 Å². The Bertz CT molecular complexity index is 685. The van der Waals surface area contributed by atoms with Crippen LogP contribution in [0.2, 0.25) is 0 Å². The van der Waals surface area contributed by atoms with E-state index in [1.165, 1.54) is 5.56 Å². The smallest absolute Gasteiger partial charge is 0.246 e. The summed E-state index contributed by atoms with van der Waals surface area (Å²) in [5, 5.41) is 7.15. The lowest BCUT2D eigenvalue weighted by Crippen LogP contribution is -2.00. The third-order valence-electron chi connectivity index (χ3n) is 3.23. The number of furan rings is 1. The number of aromatic nitrogens is 2. The van der Waals surface area contributed by atoms with Gasteiger partial charge < -0.3 is 14.3 Å². The van der Waals surface area contributed by atoms with Crippen molar-refractivity contribution in [1.29, 1.82) is 0 Å². The van der Waals surface area contributed by atoms with Gasteiger partial charge in [-0.05, 0) is 35.7 Å². The molecule has 0 fully saturated rings. The van der Waals surface area contributed by atoms with E-state index in [4.69, 9.17) is 8.94 Å². The summed E-state index contributed by atoms with van der Waals surface area (Å²) in [7, 11) is 0. The maximum absolute atomic E-state index is 5.23. The Morgan fingerprint density at radius 1 is 1.14 bits per heavy atom. The second-order valence-corrected chi connectivity index (χ2v) is 5.12. The third-order valence-corrected chi connectivity index (χ3v) is 3.23. The van der Waals surface area contributed by atoms with Gasteiger partial charge >= 0.3 is 0 Å². The highest BCUT2D eigenvalue weighted by Gasteiger charge is 2.10. The molecule has 0 atom stereocenters. The number of anilines is 1. The average molecular weight is 283 g/mol. The van der Waals surface area contributed by atoms with E-state index in [0.717, 1.165) is 5.69 Å². The molecule has 0 saturated heterocycles. The Kier molecular flexibility index (Phi) is 3.73. The number of hydrogen-bond acceptors (Lipinski definition) is 5. The van der Waals surface area contributed by atoms with Crippen LogP contribution in [0, 0.1) is 0 Å². The highest BCUT2D eigenvalue weighted by atomic mass is 16.5. The molecule has 0 aliphatic rings. The fraction of sp³-hybridized carbons (Fsp3) is 0.250. The second-order valence-electron chi connectivity index (χ2n) is 5.12. The van der Waals surface area contributed by atoms with Crippen molar-refractivity contribution in [2.45, 2.75) is 26.3 Å². The molecule has 5 nitrogen and oxygen atoms in total. The van der Waals surface area contributed by atoms with E-state index < -0.39 is 0 Å². The molecule has 3 aromatic rings.